The van der Waals surface area contributed by atoms with Crippen molar-refractivity contribution in [3.05, 3.63) is 52.7 Å². The van der Waals surface area contributed by atoms with E-state index in [2.05, 4.69) is 10.1 Å². The molecule has 4 rings (SSSR count). The summed E-state index contributed by atoms with van der Waals surface area (Å²) >= 11 is 1.57. The third-order valence-electron chi connectivity index (χ3n) is 4.40. The Labute approximate surface area is 159 Å². The van der Waals surface area contributed by atoms with Crippen LogP contribution in [0.3, 0.4) is 0 Å². The Kier molecular flexibility index (Phi) is 4.33. The van der Waals surface area contributed by atoms with E-state index in [0.29, 0.717) is 23.8 Å². The summed E-state index contributed by atoms with van der Waals surface area (Å²) in [6.07, 6.45) is 0.728. The lowest BCUT2D eigenvalue weighted by Gasteiger charge is -2.38. The predicted octanol–water partition coefficient (Wildman–Crippen LogP) is 2.34. The topological polar surface area (TPSA) is 119 Å². The van der Waals surface area contributed by atoms with Crippen LogP contribution < -0.4 is 5.14 Å². The van der Waals surface area contributed by atoms with E-state index in [1.165, 1.54) is 24.3 Å². The lowest BCUT2D eigenvalue weighted by molar-refractivity contribution is 0.0378. The molecule has 1 aliphatic rings. The Balaban J connectivity index is 1.52. The standard InChI is InChI=1S/C17H16N4O4S2/c1-10-2-7-14(26-10)15-19-16(25-20-15)13-8-9-21(13)17(22)11-3-5-12(6-4-11)27(18,23)24/h2-7,13H,8-9H2,1H3,(H2,18,23,24)/t13-/m0/s1. The number of aryl methyl sites for hydroxylation is 1. The van der Waals surface area contributed by atoms with E-state index in [1.54, 1.807) is 16.2 Å². The molecule has 0 saturated carbocycles. The molecule has 8 nitrogen and oxygen atoms in total. The molecule has 0 radical (unpaired) electrons. The van der Waals surface area contributed by atoms with E-state index < -0.39 is 10.0 Å². The number of primary sulfonamides is 1. The fourth-order valence-corrected chi connectivity index (χ4v) is 4.17. The Morgan fingerprint density at radius 2 is 2.00 bits per heavy atom. The summed E-state index contributed by atoms with van der Waals surface area (Å²) < 4.78 is 28.0. The number of rotatable bonds is 4. The second-order valence-corrected chi connectivity index (χ2v) is 9.09. The second kappa shape index (κ2) is 6.55. The molecule has 3 aromatic rings. The number of benzene rings is 1. The van der Waals surface area contributed by atoms with Crippen LogP contribution in [0.2, 0.25) is 0 Å². The van der Waals surface area contributed by atoms with Gasteiger partial charge in [-0.3, -0.25) is 4.79 Å². The van der Waals surface area contributed by atoms with E-state index in [9.17, 15) is 13.2 Å². The highest BCUT2D eigenvalue weighted by molar-refractivity contribution is 7.89. The van der Waals surface area contributed by atoms with Gasteiger partial charge in [-0.2, -0.15) is 4.98 Å². The zero-order valence-corrected chi connectivity index (χ0v) is 16.0. The van der Waals surface area contributed by atoms with Gasteiger partial charge in [0.05, 0.1) is 9.77 Å². The molecule has 1 atom stereocenters. The third kappa shape index (κ3) is 3.38. The van der Waals surface area contributed by atoms with E-state index >= 15 is 0 Å². The highest BCUT2D eigenvalue weighted by atomic mass is 32.2. The van der Waals surface area contributed by atoms with Gasteiger partial charge in [-0.05, 0) is 49.7 Å². The first-order valence-electron chi connectivity index (χ1n) is 8.17. The summed E-state index contributed by atoms with van der Waals surface area (Å²) in [5, 5.41) is 9.09. The number of likely N-dealkylation sites (tertiary alicyclic amines) is 1. The number of nitrogens with two attached hydrogens (primary N) is 1. The number of aromatic nitrogens is 2. The molecule has 1 aromatic carbocycles. The number of hydrogen-bond acceptors (Lipinski definition) is 7. The Hall–Kier alpha value is -2.56. The number of carbonyl (C=O) groups excluding carboxylic acids is 1. The van der Waals surface area contributed by atoms with E-state index in [-0.39, 0.29) is 16.8 Å². The normalized spacial score (nSPS) is 17.0. The highest BCUT2D eigenvalue weighted by Crippen LogP contribution is 2.35. The maximum atomic E-state index is 12.7. The van der Waals surface area contributed by atoms with Crippen LogP contribution in [-0.2, 0) is 10.0 Å². The Morgan fingerprint density at radius 1 is 1.26 bits per heavy atom. The molecule has 2 aromatic heterocycles. The molecule has 0 bridgehead atoms. The van der Waals surface area contributed by atoms with Crippen molar-refractivity contribution < 1.29 is 17.7 Å². The summed E-state index contributed by atoms with van der Waals surface area (Å²) in [5.41, 5.74) is 0.376. The zero-order valence-electron chi connectivity index (χ0n) is 14.3. The first kappa shape index (κ1) is 17.8. The first-order chi connectivity index (χ1) is 12.8. The molecule has 1 amide bonds. The number of thiophene rings is 1. The van der Waals surface area contributed by atoms with Crippen LogP contribution in [0.5, 0.6) is 0 Å². The molecule has 140 valence electrons. The summed E-state index contributed by atoms with van der Waals surface area (Å²) in [7, 11) is -3.79. The number of sulfonamides is 1. The van der Waals surface area contributed by atoms with Gasteiger partial charge < -0.3 is 9.42 Å². The summed E-state index contributed by atoms with van der Waals surface area (Å²) in [5.74, 6) is 0.690. The molecule has 0 aliphatic carbocycles. The van der Waals surface area contributed by atoms with E-state index in [4.69, 9.17) is 9.66 Å². The molecule has 1 fully saturated rings. The lowest BCUT2D eigenvalue weighted by atomic mass is 10.0. The van der Waals surface area contributed by atoms with Gasteiger partial charge >= 0.3 is 0 Å². The van der Waals surface area contributed by atoms with Gasteiger partial charge in [0, 0.05) is 17.0 Å². The van der Waals surface area contributed by atoms with Gasteiger partial charge in [-0.1, -0.05) is 5.16 Å². The van der Waals surface area contributed by atoms with Gasteiger partial charge in [0.1, 0.15) is 6.04 Å². The number of nitrogens with zero attached hydrogens (tertiary/aromatic N) is 3. The largest absolute Gasteiger partial charge is 0.337 e. The summed E-state index contributed by atoms with van der Waals surface area (Å²) in [6, 6.07) is 9.18. The Bertz CT molecular complexity index is 1100. The molecule has 3 heterocycles. The van der Waals surface area contributed by atoms with Gasteiger partial charge in [0.2, 0.25) is 21.7 Å². The monoisotopic (exact) mass is 404 g/mol. The van der Waals surface area contributed by atoms with E-state index in [1.807, 2.05) is 19.1 Å². The van der Waals surface area contributed by atoms with E-state index in [0.717, 1.165) is 16.2 Å². The molecular formula is C17H16N4O4S2. The number of hydrogen-bond donors (Lipinski definition) is 1. The quantitative estimate of drug-likeness (QED) is 0.713. The minimum absolute atomic E-state index is 0.0352. The first-order valence-corrected chi connectivity index (χ1v) is 10.5. The third-order valence-corrected chi connectivity index (χ3v) is 6.32. The van der Waals surface area contributed by atoms with Crippen molar-refractivity contribution in [2.24, 2.45) is 5.14 Å². The fraction of sp³-hybridized carbons (Fsp3) is 0.235. The van der Waals surface area contributed by atoms with Crippen LogP contribution in [0.15, 0.2) is 45.8 Å². The average Bonchev–Trinajstić information content (AvgIpc) is 3.22. The van der Waals surface area contributed by atoms with Crippen molar-refractivity contribution in [3.63, 3.8) is 0 Å². The maximum absolute atomic E-state index is 12.7. The number of carbonyl (C=O) groups is 1. The Morgan fingerprint density at radius 3 is 2.56 bits per heavy atom. The number of amides is 1. The van der Waals surface area contributed by atoms with Gasteiger partial charge in [0.25, 0.3) is 5.91 Å². The molecule has 0 spiro atoms. The van der Waals surface area contributed by atoms with Crippen molar-refractivity contribution in [2.75, 3.05) is 6.54 Å². The van der Waals surface area contributed by atoms with Crippen molar-refractivity contribution in [3.8, 4) is 10.7 Å². The summed E-state index contributed by atoms with van der Waals surface area (Å²) in [4.78, 5) is 20.8. The van der Waals surface area contributed by atoms with Crippen LogP contribution in [0.1, 0.15) is 33.6 Å². The SMILES string of the molecule is Cc1ccc(-c2noc([C@@H]3CCN3C(=O)c3ccc(S(N)(=O)=O)cc3)n2)s1. The van der Waals surface area contributed by atoms with Crippen LogP contribution in [0.4, 0.5) is 0 Å². The van der Waals surface area contributed by atoms with Crippen LogP contribution in [-0.4, -0.2) is 35.9 Å². The fourth-order valence-electron chi connectivity index (χ4n) is 2.87. The van der Waals surface area contributed by atoms with Crippen molar-refractivity contribution in [1.29, 1.82) is 0 Å². The highest BCUT2D eigenvalue weighted by Gasteiger charge is 2.38. The van der Waals surface area contributed by atoms with Crippen molar-refractivity contribution in [2.45, 2.75) is 24.3 Å². The zero-order chi connectivity index (χ0) is 19.2. The molecule has 10 heteroatoms. The summed E-state index contributed by atoms with van der Waals surface area (Å²) in [6.45, 7) is 2.57. The molecule has 1 saturated heterocycles. The van der Waals surface area contributed by atoms with Crippen LogP contribution >= 0.6 is 11.3 Å². The molecule has 27 heavy (non-hydrogen) atoms. The van der Waals surface area contributed by atoms with Gasteiger partial charge in [0.15, 0.2) is 0 Å². The molecule has 0 unspecified atom stereocenters. The van der Waals surface area contributed by atoms with Crippen molar-refractivity contribution >= 4 is 27.3 Å². The molecule has 2 N–H and O–H groups in total. The van der Waals surface area contributed by atoms with Crippen molar-refractivity contribution in [1.82, 2.24) is 15.0 Å². The molecular weight excluding hydrogens is 388 g/mol. The molecule has 1 aliphatic heterocycles. The van der Waals surface area contributed by atoms with Gasteiger partial charge in [-0.15, -0.1) is 11.3 Å². The minimum atomic E-state index is -3.79. The lowest BCUT2D eigenvalue weighted by Crippen LogP contribution is -2.45. The maximum Gasteiger partial charge on any atom is 0.254 e. The predicted molar refractivity (Wildman–Crippen MR) is 98.6 cm³/mol. The van der Waals surface area contributed by atoms with Crippen LogP contribution in [0.25, 0.3) is 10.7 Å². The van der Waals surface area contributed by atoms with Gasteiger partial charge in [-0.25, -0.2) is 13.6 Å². The average molecular weight is 404 g/mol. The smallest absolute Gasteiger partial charge is 0.254 e. The minimum Gasteiger partial charge on any atom is -0.337 e. The second-order valence-electron chi connectivity index (χ2n) is 6.24. The van der Waals surface area contributed by atoms with Crippen LogP contribution in [0, 0.1) is 6.92 Å².